The van der Waals surface area contributed by atoms with Crippen LogP contribution in [-0.4, -0.2) is 11.0 Å². The third-order valence-electron chi connectivity index (χ3n) is 1.13. The van der Waals surface area contributed by atoms with E-state index in [0.717, 1.165) is 6.20 Å². The Bertz CT molecular complexity index is 345. The van der Waals surface area contributed by atoms with Crippen LogP contribution < -0.4 is 5.11 Å². The van der Waals surface area contributed by atoms with Gasteiger partial charge in [0, 0.05) is 6.20 Å². The molecule has 0 spiro atoms. The molecule has 0 aromatic carbocycles. The van der Waals surface area contributed by atoms with Crippen molar-refractivity contribution in [3.05, 3.63) is 27.2 Å². The van der Waals surface area contributed by atoms with Gasteiger partial charge in [-0.3, -0.25) is 0 Å². The molecule has 12 heavy (non-hydrogen) atoms. The fourth-order valence-corrected chi connectivity index (χ4v) is 1.14. The molecule has 0 unspecified atom stereocenters. The van der Waals surface area contributed by atoms with E-state index >= 15 is 0 Å². The van der Waals surface area contributed by atoms with Gasteiger partial charge in [-0.2, -0.15) is 0 Å². The zero-order chi connectivity index (χ0) is 9.30. The lowest BCUT2D eigenvalue weighted by molar-refractivity contribution is -0.255. The fraction of sp³-hybridized carbons (Fsp3) is 0. The zero-order valence-corrected chi connectivity index (χ0v) is 7.82. The van der Waals surface area contributed by atoms with Gasteiger partial charge in [-0.05, 0) is 15.9 Å². The molecule has 0 aliphatic carbocycles. The van der Waals surface area contributed by atoms with Crippen LogP contribution in [0.5, 0.6) is 0 Å². The Balaban J connectivity index is 3.43. The first-order chi connectivity index (χ1) is 5.54. The number of aromatic nitrogens is 1. The van der Waals surface area contributed by atoms with Gasteiger partial charge in [0.05, 0.1) is 16.6 Å². The fourth-order valence-electron chi connectivity index (χ4n) is 0.630. The highest BCUT2D eigenvalue weighted by Gasteiger charge is 2.12. The van der Waals surface area contributed by atoms with Gasteiger partial charge >= 0.3 is 0 Å². The standard InChI is InChI=1S/C6H2BrClFNO2/c7-5-4(9)3(6(11)12)2(8)1-10-5/h1H,(H,11,12)/p-1. The molecule has 64 valence electrons. The number of halogens is 3. The van der Waals surface area contributed by atoms with Gasteiger partial charge in [-0.15, -0.1) is 0 Å². The summed E-state index contributed by atoms with van der Waals surface area (Å²) in [4.78, 5) is 13.8. The molecule has 0 saturated heterocycles. The predicted molar refractivity (Wildman–Crippen MR) is 41.2 cm³/mol. The van der Waals surface area contributed by atoms with Crippen molar-refractivity contribution in [3.8, 4) is 0 Å². The summed E-state index contributed by atoms with van der Waals surface area (Å²) in [6, 6.07) is 0. The van der Waals surface area contributed by atoms with Crippen molar-refractivity contribution in [1.82, 2.24) is 4.98 Å². The number of rotatable bonds is 1. The van der Waals surface area contributed by atoms with Crippen LogP contribution >= 0.6 is 27.5 Å². The molecule has 1 aromatic rings. The van der Waals surface area contributed by atoms with E-state index in [9.17, 15) is 14.3 Å². The van der Waals surface area contributed by atoms with Crippen molar-refractivity contribution in [2.24, 2.45) is 0 Å². The van der Waals surface area contributed by atoms with E-state index in [1.807, 2.05) is 0 Å². The molecule has 0 atom stereocenters. The van der Waals surface area contributed by atoms with E-state index in [4.69, 9.17) is 11.6 Å². The van der Waals surface area contributed by atoms with E-state index in [1.54, 1.807) is 0 Å². The molecule has 3 nitrogen and oxygen atoms in total. The molecule has 0 fully saturated rings. The van der Waals surface area contributed by atoms with Crippen molar-refractivity contribution in [3.63, 3.8) is 0 Å². The third kappa shape index (κ3) is 1.56. The number of hydrogen-bond donors (Lipinski definition) is 0. The zero-order valence-electron chi connectivity index (χ0n) is 5.47. The van der Waals surface area contributed by atoms with Gasteiger partial charge in [-0.25, -0.2) is 9.37 Å². The molecule has 1 aromatic heterocycles. The Hall–Kier alpha value is -0.680. The van der Waals surface area contributed by atoms with Crippen LogP contribution in [0.25, 0.3) is 0 Å². The van der Waals surface area contributed by atoms with Gasteiger partial charge in [0.1, 0.15) is 4.60 Å². The molecule has 0 amide bonds. The summed E-state index contributed by atoms with van der Waals surface area (Å²) in [5.74, 6) is -2.69. The van der Waals surface area contributed by atoms with Gasteiger partial charge < -0.3 is 9.90 Å². The van der Waals surface area contributed by atoms with Gasteiger partial charge in [0.2, 0.25) is 0 Å². The van der Waals surface area contributed by atoms with Crippen LogP contribution in [0.4, 0.5) is 4.39 Å². The maximum absolute atomic E-state index is 12.9. The van der Waals surface area contributed by atoms with E-state index in [1.165, 1.54) is 0 Å². The number of nitrogens with zero attached hydrogens (tertiary/aromatic N) is 1. The highest BCUT2D eigenvalue weighted by Crippen LogP contribution is 2.22. The summed E-state index contributed by atoms with van der Waals surface area (Å²) in [5, 5.41) is 10.0. The SMILES string of the molecule is O=C([O-])c1c(Cl)cnc(Br)c1F. The number of carbonyl (C=O) groups is 1. The Kier molecular flexibility index (Phi) is 2.64. The molecule has 0 N–H and O–H groups in total. The van der Waals surface area contributed by atoms with Gasteiger partial charge in [0.25, 0.3) is 0 Å². The number of aromatic carboxylic acids is 1. The monoisotopic (exact) mass is 252 g/mol. The molecule has 6 heteroatoms. The first-order valence-electron chi connectivity index (χ1n) is 2.75. The topological polar surface area (TPSA) is 53.0 Å². The summed E-state index contributed by atoms with van der Waals surface area (Å²) in [6.07, 6.45) is 1.03. The van der Waals surface area contributed by atoms with E-state index < -0.39 is 17.3 Å². The molecular weight excluding hydrogens is 252 g/mol. The van der Waals surface area contributed by atoms with E-state index in [0.29, 0.717) is 0 Å². The van der Waals surface area contributed by atoms with Crippen LogP contribution in [0, 0.1) is 5.82 Å². The average Bonchev–Trinajstić information content (AvgIpc) is 1.97. The highest BCUT2D eigenvalue weighted by molar-refractivity contribution is 9.10. The maximum atomic E-state index is 12.9. The Morgan fingerprint density at radius 1 is 1.75 bits per heavy atom. The molecule has 0 aliphatic rings. The van der Waals surface area contributed by atoms with Crippen molar-refractivity contribution in [1.29, 1.82) is 0 Å². The minimum atomic E-state index is -1.67. The van der Waals surface area contributed by atoms with Crippen molar-refractivity contribution in [2.45, 2.75) is 0 Å². The summed E-state index contributed by atoms with van der Waals surface area (Å²) < 4.78 is 12.7. The van der Waals surface area contributed by atoms with Crippen LogP contribution in [0.3, 0.4) is 0 Å². The average molecular weight is 253 g/mol. The lowest BCUT2D eigenvalue weighted by Crippen LogP contribution is -2.24. The highest BCUT2D eigenvalue weighted by atomic mass is 79.9. The molecule has 0 radical (unpaired) electrons. The van der Waals surface area contributed by atoms with E-state index in [2.05, 4.69) is 20.9 Å². The molecule has 1 rings (SSSR count). The summed E-state index contributed by atoms with van der Waals surface area (Å²) in [6.45, 7) is 0. The van der Waals surface area contributed by atoms with Crippen molar-refractivity contribution < 1.29 is 14.3 Å². The number of hydrogen-bond acceptors (Lipinski definition) is 3. The van der Waals surface area contributed by atoms with Crippen LogP contribution in [0.1, 0.15) is 10.4 Å². The quantitative estimate of drug-likeness (QED) is 0.702. The molecule has 0 saturated carbocycles. The second kappa shape index (κ2) is 3.37. The molecular formula is C6HBrClFNO2-. The molecule has 0 aliphatic heterocycles. The number of carboxylic acid groups (broad SMARTS) is 1. The summed E-state index contributed by atoms with van der Waals surface area (Å²) in [5.41, 5.74) is -0.682. The second-order valence-electron chi connectivity index (χ2n) is 1.87. The largest absolute Gasteiger partial charge is 0.545 e. The first-order valence-corrected chi connectivity index (χ1v) is 3.92. The molecule has 1 heterocycles. The third-order valence-corrected chi connectivity index (χ3v) is 1.97. The lowest BCUT2D eigenvalue weighted by Gasteiger charge is -2.06. The Morgan fingerprint density at radius 3 is 2.75 bits per heavy atom. The normalized spacial score (nSPS) is 9.92. The van der Waals surface area contributed by atoms with Gasteiger partial charge in [0.15, 0.2) is 5.82 Å². The smallest absolute Gasteiger partial charge is 0.166 e. The van der Waals surface area contributed by atoms with Crippen LogP contribution in [-0.2, 0) is 0 Å². The van der Waals surface area contributed by atoms with Crippen molar-refractivity contribution >= 4 is 33.5 Å². The van der Waals surface area contributed by atoms with Crippen molar-refractivity contribution in [2.75, 3.05) is 0 Å². The lowest BCUT2D eigenvalue weighted by atomic mass is 10.2. The summed E-state index contributed by atoms with van der Waals surface area (Å²) in [7, 11) is 0. The minimum Gasteiger partial charge on any atom is -0.545 e. The number of pyridine rings is 1. The van der Waals surface area contributed by atoms with Crippen LogP contribution in [0.15, 0.2) is 10.8 Å². The Morgan fingerprint density at radius 2 is 2.33 bits per heavy atom. The second-order valence-corrected chi connectivity index (χ2v) is 3.03. The van der Waals surface area contributed by atoms with E-state index in [-0.39, 0.29) is 9.63 Å². The first kappa shape index (κ1) is 9.41. The maximum Gasteiger partial charge on any atom is 0.166 e. The Labute approximate surface area is 80.3 Å². The van der Waals surface area contributed by atoms with Crippen LogP contribution in [0.2, 0.25) is 5.02 Å². The molecule has 0 bridgehead atoms. The minimum absolute atomic E-state index is 0.203. The summed E-state index contributed by atoms with van der Waals surface area (Å²) >= 11 is 8.06. The predicted octanol–water partition coefficient (Wildman–Crippen LogP) is 1.00. The van der Waals surface area contributed by atoms with Gasteiger partial charge in [-0.1, -0.05) is 11.6 Å². The number of carboxylic acids is 1. The number of carbonyl (C=O) groups excluding carboxylic acids is 1.